The first-order valence-corrected chi connectivity index (χ1v) is 8.68. The minimum Gasteiger partial charge on any atom is -0.465 e. The normalized spacial score (nSPS) is 11.5. The number of esters is 1. The zero-order valence-corrected chi connectivity index (χ0v) is 13.8. The smallest absolute Gasteiger partial charge is 0.340 e. The van der Waals surface area contributed by atoms with Crippen LogP contribution in [0.2, 0.25) is 0 Å². The Morgan fingerprint density at radius 2 is 2.00 bits per heavy atom. The third-order valence-corrected chi connectivity index (χ3v) is 4.50. The van der Waals surface area contributed by atoms with Gasteiger partial charge in [-0.2, -0.15) is 0 Å². The van der Waals surface area contributed by atoms with Crippen molar-refractivity contribution in [3.8, 4) is 0 Å². The van der Waals surface area contributed by atoms with E-state index in [-0.39, 0.29) is 22.9 Å². The molecule has 0 radical (unpaired) electrons. The highest BCUT2D eigenvalue weighted by Crippen LogP contribution is 2.24. The van der Waals surface area contributed by atoms with Gasteiger partial charge in [-0.05, 0) is 30.0 Å². The molecule has 1 aromatic carbocycles. The maximum Gasteiger partial charge on any atom is 0.340 e. The molecule has 0 atom stereocenters. The van der Waals surface area contributed by atoms with Crippen molar-refractivity contribution in [1.29, 1.82) is 0 Å². The Bertz CT molecular complexity index is 594. The van der Waals surface area contributed by atoms with Gasteiger partial charge in [-0.3, -0.25) is 4.72 Å². The molecule has 0 amide bonds. The molecule has 1 N–H and O–H groups in total. The van der Waals surface area contributed by atoms with Gasteiger partial charge in [0.1, 0.15) is 0 Å². The minimum absolute atomic E-state index is 0.0377. The summed E-state index contributed by atoms with van der Waals surface area (Å²) in [5.41, 5.74) is 1.46. The van der Waals surface area contributed by atoms with Gasteiger partial charge in [0.05, 0.1) is 24.1 Å². The van der Waals surface area contributed by atoms with Crippen LogP contribution in [0.25, 0.3) is 0 Å². The van der Waals surface area contributed by atoms with Crippen molar-refractivity contribution in [1.82, 2.24) is 0 Å². The lowest BCUT2D eigenvalue weighted by Gasteiger charge is -2.14. The molecule has 21 heavy (non-hydrogen) atoms. The van der Waals surface area contributed by atoms with Gasteiger partial charge >= 0.3 is 5.97 Å². The van der Waals surface area contributed by atoms with Crippen LogP contribution in [0.3, 0.4) is 0 Å². The van der Waals surface area contributed by atoms with Crippen molar-refractivity contribution in [2.45, 2.75) is 39.5 Å². The summed E-state index contributed by atoms with van der Waals surface area (Å²) < 4.78 is 31.2. The first-order valence-electron chi connectivity index (χ1n) is 7.03. The molecule has 0 aliphatic rings. The molecule has 5 nitrogen and oxygen atoms in total. The van der Waals surface area contributed by atoms with E-state index in [0.717, 1.165) is 12.0 Å². The number of sulfonamides is 1. The first-order chi connectivity index (χ1) is 9.80. The predicted molar refractivity (Wildman–Crippen MR) is 84.2 cm³/mol. The van der Waals surface area contributed by atoms with Crippen molar-refractivity contribution in [2.24, 2.45) is 0 Å². The Hall–Kier alpha value is -1.56. The van der Waals surface area contributed by atoms with Crippen molar-refractivity contribution in [2.75, 3.05) is 17.6 Å². The first kappa shape index (κ1) is 17.5. The number of nitrogens with one attached hydrogen (secondary N) is 1. The zero-order valence-electron chi connectivity index (χ0n) is 13.0. The van der Waals surface area contributed by atoms with Crippen LogP contribution in [0, 0.1) is 0 Å². The summed E-state index contributed by atoms with van der Waals surface area (Å²) in [5.74, 6) is -0.277. The molecule has 0 unspecified atom stereocenters. The molecule has 0 fully saturated rings. The second-order valence-electron chi connectivity index (χ2n) is 5.23. The van der Waals surface area contributed by atoms with Gasteiger partial charge in [-0.1, -0.05) is 33.3 Å². The Balaban J connectivity index is 3.14. The third-order valence-electron chi connectivity index (χ3n) is 3.15. The van der Waals surface area contributed by atoms with Gasteiger partial charge in [0.2, 0.25) is 10.0 Å². The SMILES string of the molecule is CCCCS(=O)(=O)Nc1ccc(C(C)C)cc1C(=O)OC. The summed E-state index contributed by atoms with van der Waals surface area (Å²) in [4.78, 5) is 11.9. The fraction of sp³-hybridized carbons (Fsp3) is 0.533. The fourth-order valence-electron chi connectivity index (χ4n) is 1.84. The van der Waals surface area contributed by atoms with Gasteiger partial charge in [-0.15, -0.1) is 0 Å². The summed E-state index contributed by atoms with van der Waals surface area (Å²) >= 11 is 0. The van der Waals surface area contributed by atoms with E-state index in [1.807, 2.05) is 26.8 Å². The summed E-state index contributed by atoms with van der Waals surface area (Å²) in [5, 5.41) is 0. The Morgan fingerprint density at radius 3 is 2.52 bits per heavy atom. The summed E-state index contributed by atoms with van der Waals surface area (Å²) in [6, 6.07) is 5.11. The number of unbranched alkanes of at least 4 members (excludes halogenated alkanes) is 1. The van der Waals surface area contributed by atoms with Crippen molar-refractivity contribution in [3.63, 3.8) is 0 Å². The fourth-order valence-corrected chi connectivity index (χ4v) is 3.13. The Morgan fingerprint density at radius 1 is 1.33 bits per heavy atom. The molecule has 0 saturated carbocycles. The van der Waals surface area contributed by atoms with Crippen molar-refractivity contribution in [3.05, 3.63) is 29.3 Å². The number of carbonyl (C=O) groups is 1. The number of carbonyl (C=O) groups excluding carboxylic acids is 1. The lowest BCUT2D eigenvalue weighted by Crippen LogP contribution is -2.19. The standard InChI is InChI=1S/C15H23NO4S/c1-5-6-9-21(18,19)16-14-8-7-12(11(2)3)10-13(14)15(17)20-4/h7-8,10-11,16H,5-6,9H2,1-4H3. The van der Waals surface area contributed by atoms with Crippen LogP contribution in [-0.4, -0.2) is 27.2 Å². The summed E-state index contributed by atoms with van der Waals surface area (Å²) in [6.07, 6.45) is 1.37. The largest absolute Gasteiger partial charge is 0.465 e. The van der Waals surface area contributed by atoms with Crippen LogP contribution in [-0.2, 0) is 14.8 Å². The third kappa shape index (κ3) is 5.04. The second-order valence-corrected chi connectivity index (χ2v) is 7.07. The van der Waals surface area contributed by atoms with E-state index >= 15 is 0 Å². The monoisotopic (exact) mass is 313 g/mol. The summed E-state index contributed by atoms with van der Waals surface area (Å²) in [7, 11) is -2.17. The number of hydrogen-bond donors (Lipinski definition) is 1. The topological polar surface area (TPSA) is 72.5 Å². The highest BCUT2D eigenvalue weighted by molar-refractivity contribution is 7.92. The number of benzene rings is 1. The van der Waals surface area contributed by atoms with Crippen molar-refractivity contribution < 1.29 is 17.9 Å². The quantitative estimate of drug-likeness (QED) is 0.785. The van der Waals surface area contributed by atoms with E-state index in [1.165, 1.54) is 7.11 Å². The number of anilines is 1. The lowest BCUT2D eigenvalue weighted by atomic mass is 10.00. The number of rotatable bonds is 7. The predicted octanol–water partition coefficient (Wildman–Crippen LogP) is 3.14. The molecular formula is C15H23NO4S. The molecule has 118 valence electrons. The lowest BCUT2D eigenvalue weighted by molar-refractivity contribution is 0.0602. The van der Waals surface area contributed by atoms with E-state index < -0.39 is 16.0 Å². The molecule has 6 heteroatoms. The van der Waals surface area contributed by atoms with Crippen LogP contribution in [0.5, 0.6) is 0 Å². The molecule has 1 rings (SSSR count). The van der Waals surface area contributed by atoms with Gasteiger partial charge in [-0.25, -0.2) is 13.2 Å². The molecule has 0 aliphatic carbocycles. The van der Waals surface area contributed by atoms with E-state index in [4.69, 9.17) is 4.74 Å². The molecular weight excluding hydrogens is 290 g/mol. The van der Waals surface area contributed by atoms with Gasteiger partial charge in [0, 0.05) is 0 Å². The maximum absolute atomic E-state index is 12.0. The van der Waals surface area contributed by atoms with E-state index in [1.54, 1.807) is 12.1 Å². The van der Waals surface area contributed by atoms with E-state index in [2.05, 4.69) is 4.72 Å². The molecule has 0 bridgehead atoms. The highest BCUT2D eigenvalue weighted by Gasteiger charge is 2.18. The average molecular weight is 313 g/mol. The molecule has 0 spiro atoms. The van der Waals surface area contributed by atoms with Crippen LogP contribution in [0.1, 0.15) is 55.5 Å². The van der Waals surface area contributed by atoms with Crippen molar-refractivity contribution >= 4 is 21.7 Å². The van der Waals surface area contributed by atoms with E-state index in [0.29, 0.717) is 6.42 Å². The molecule has 0 aliphatic heterocycles. The molecule has 1 aromatic rings. The molecule has 0 heterocycles. The Kier molecular flexibility index (Phi) is 6.20. The minimum atomic E-state index is -3.45. The van der Waals surface area contributed by atoms with Crippen LogP contribution in [0.15, 0.2) is 18.2 Å². The molecule has 0 saturated heterocycles. The zero-order chi connectivity index (χ0) is 16.0. The van der Waals surface area contributed by atoms with Crippen LogP contribution >= 0.6 is 0 Å². The number of hydrogen-bond acceptors (Lipinski definition) is 4. The number of methoxy groups -OCH3 is 1. The van der Waals surface area contributed by atoms with Gasteiger partial charge in [0.25, 0.3) is 0 Å². The van der Waals surface area contributed by atoms with Crippen LogP contribution in [0.4, 0.5) is 5.69 Å². The molecule has 0 aromatic heterocycles. The van der Waals surface area contributed by atoms with Gasteiger partial charge in [0.15, 0.2) is 0 Å². The van der Waals surface area contributed by atoms with E-state index in [9.17, 15) is 13.2 Å². The maximum atomic E-state index is 12.0. The Labute approximate surface area is 126 Å². The van der Waals surface area contributed by atoms with Gasteiger partial charge < -0.3 is 4.74 Å². The number of ether oxygens (including phenoxy) is 1. The average Bonchev–Trinajstić information content (AvgIpc) is 2.44. The highest BCUT2D eigenvalue weighted by atomic mass is 32.2. The summed E-state index contributed by atoms with van der Waals surface area (Å²) in [6.45, 7) is 5.93. The van der Waals surface area contributed by atoms with Crippen LogP contribution < -0.4 is 4.72 Å². The second kappa shape index (κ2) is 7.45.